The van der Waals surface area contributed by atoms with Crippen molar-refractivity contribution in [3.63, 3.8) is 0 Å². The highest BCUT2D eigenvalue weighted by Crippen LogP contribution is 2.01. The minimum absolute atomic E-state index is 0.660. The monoisotopic (exact) mass is 200 g/mol. The van der Waals surface area contributed by atoms with Crippen LogP contribution in [0.15, 0.2) is 0 Å². The molecule has 0 spiro atoms. The molecule has 1 heterocycles. The fourth-order valence-corrected chi connectivity index (χ4v) is 1.78. The minimum Gasteiger partial charge on any atom is -0.379 e. The van der Waals surface area contributed by atoms with Gasteiger partial charge in [-0.3, -0.25) is 4.90 Å². The maximum absolute atomic E-state index is 5.33. The van der Waals surface area contributed by atoms with E-state index in [-0.39, 0.29) is 0 Å². The topological polar surface area (TPSA) is 24.5 Å². The van der Waals surface area contributed by atoms with Gasteiger partial charge < -0.3 is 10.1 Å². The molecule has 1 N–H and O–H groups in total. The maximum atomic E-state index is 5.33. The summed E-state index contributed by atoms with van der Waals surface area (Å²) in [6.07, 6.45) is 2.44. The molecule has 1 aliphatic heterocycles. The average Bonchev–Trinajstić information content (AvgIpc) is 2.25. The first-order chi connectivity index (χ1) is 6.86. The SMILES string of the molecule is CCCNC(CC)CN1CCOCC1. The summed E-state index contributed by atoms with van der Waals surface area (Å²) in [5.74, 6) is 0. The fraction of sp³-hybridized carbons (Fsp3) is 1.00. The third kappa shape index (κ3) is 4.40. The van der Waals surface area contributed by atoms with E-state index in [1.54, 1.807) is 0 Å². The van der Waals surface area contributed by atoms with Gasteiger partial charge in [-0.1, -0.05) is 13.8 Å². The van der Waals surface area contributed by atoms with E-state index in [0.717, 1.165) is 32.8 Å². The molecule has 0 aromatic carbocycles. The van der Waals surface area contributed by atoms with E-state index >= 15 is 0 Å². The summed E-state index contributed by atoms with van der Waals surface area (Å²) in [5.41, 5.74) is 0. The van der Waals surface area contributed by atoms with E-state index in [4.69, 9.17) is 4.74 Å². The quantitative estimate of drug-likeness (QED) is 0.695. The normalized spacial score (nSPS) is 21.0. The standard InChI is InChI=1S/C11H24N2O/c1-3-5-12-11(4-2)10-13-6-8-14-9-7-13/h11-12H,3-10H2,1-2H3. The Morgan fingerprint density at radius 1 is 1.29 bits per heavy atom. The van der Waals surface area contributed by atoms with Crippen molar-refractivity contribution in [2.45, 2.75) is 32.7 Å². The number of hydrogen-bond donors (Lipinski definition) is 1. The molecule has 0 aromatic rings. The molecular formula is C11H24N2O. The lowest BCUT2D eigenvalue weighted by Gasteiger charge is -2.30. The molecule has 84 valence electrons. The highest BCUT2D eigenvalue weighted by Gasteiger charge is 2.14. The summed E-state index contributed by atoms with van der Waals surface area (Å²) in [5, 5.41) is 3.58. The summed E-state index contributed by atoms with van der Waals surface area (Å²) in [6.45, 7) is 10.8. The van der Waals surface area contributed by atoms with Crippen LogP contribution in [0.5, 0.6) is 0 Å². The largest absolute Gasteiger partial charge is 0.379 e. The predicted molar refractivity (Wildman–Crippen MR) is 59.6 cm³/mol. The zero-order valence-corrected chi connectivity index (χ0v) is 9.59. The van der Waals surface area contributed by atoms with Gasteiger partial charge in [-0.05, 0) is 19.4 Å². The minimum atomic E-state index is 0.660. The van der Waals surface area contributed by atoms with Gasteiger partial charge in [-0.2, -0.15) is 0 Å². The van der Waals surface area contributed by atoms with Gasteiger partial charge >= 0.3 is 0 Å². The van der Waals surface area contributed by atoms with Crippen LogP contribution in [0.25, 0.3) is 0 Å². The number of ether oxygens (including phenoxy) is 1. The zero-order valence-electron chi connectivity index (χ0n) is 9.59. The Hall–Kier alpha value is -0.120. The second-order valence-electron chi connectivity index (χ2n) is 3.97. The van der Waals surface area contributed by atoms with Crippen molar-refractivity contribution in [1.29, 1.82) is 0 Å². The Morgan fingerprint density at radius 2 is 2.00 bits per heavy atom. The van der Waals surface area contributed by atoms with Crippen molar-refractivity contribution in [1.82, 2.24) is 10.2 Å². The molecule has 1 fully saturated rings. The van der Waals surface area contributed by atoms with Crippen LogP contribution in [0.3, 0.4) is 0 Å². The first kappa shape index (κ1) is 12.0. The Labute approximate surface area is 87.8 Å². The summed E-state index contributed by atoms with van der Waals surface area (Å²) in [4.78, 5) is 2.50. The van der Waals surface area contributed by atoms with Crippen LogP contribution in [-0.2, 0) is 4.74 Å². The number of nitrogens with zero attached hydrogens (tertiary/aromatic N) is 1. The first-order valence-corrected chi connectivity index (χ1v) is 5.90. The zero-order chi connectivity index (χ0) is 10.2. The number of morpholine rings is 1. The van der Waals surface area contributed by atoms with Crippen molar-refractivity contribution in [3.05, 3.63) is 0 Å². The molecule has 0 aromatic heterocycles. The molecule has 0 radical (unpaired) electrons. The highest BCUT2D eigenvalue weighted by atomic mass is 16.5. The van der Waals surface area contributed by atoms with Crippen LogP contribution in [0, 0.1) is 0 Å². The molecule has 14 heavy (non-hydrogen) atoms. The summed E-state index contributed by atoms with van der Waals surface area (Å²) in [7, 11) is 0. The van der Waals surface area contributed by atoms with Gasteiger partial charge in [0.25, 0.3) is 0 Å². The summed E-state index contributed by atoms with van der Waals surface area (Å²) in [6, 6.07) is 0.660. The van der Waals surface area contributed by atoms with Crippen LogP contribution >= 0.6 is 0 Å². The number of nitrogens with one attached hydrogen (secondary N) is 1. The van der Waals surface area contributed by atoms with E-state index in [9.17, 15) is 0 Å². The first-order valence-electron chi connectivity index (χ1n) is 5.90. The molecule has 1 unspecified atom stereocenters. The molecule has 3 heteroatoms. The van der Waals surface area contributed by atoms with Gasteiger partial charge in [0.05, 0.1) is 13.2 Å². The van der Waals surface area contributed by atoms with Gasteiger partial charge in [-0.15, -0.1) is 0 Å². The maximum Gasteiger partial charge on any atom is 0.0594 e. The fourth-order valence-electron chi connectivity index (χ4n) is 1.78. The van der Waals surface area contributed by atoms with Gasteiger partial charge in [0, 0.05) is 25.7 Å². The van der Waals surface area contributed by atoms with Crippen LogP contribution in [0.4, 0.5) is 0 Å². The van der Waals surface area contributed by atoms with Gasteiger partial charge in [0.2, 0.25) is 0 Å². The van der Waals surface area contributed by atoms with Crippen molar-refractivity contribution in [3.8, 4) is 0 Å². The molecule has 1 atom stereocenters. The number of hydrogen-bond acceptors (Lipinski definition) is 3. The lowest BCUT2D eigenvalue weighted by molar-refractivity contribution is 0.0333. The van der Waals surface area contributed by atoms with Crippen molar-refractivity contribution >= 4 is 0 Å². The molecule has 3 nitrogen and oxygen atoms in total. The Bertz CT molecular complexity index is 135. The van der Waals surface area contributed by atoms with Gasteiger partial charge in [-0.25, -0.2) is 0 Å². The summed E-state index contributed by atoms with van der Waals surface area (Å²) >= 11 is 0. The predicted octanol–water partition coefficient (Wildman–Crippen LogP) is 1.10. The van der Waals surface area contributed by atoms with Crippen LogP contribution in [0.1, 0.15) is 26.7 Å². The van der Waals surface area contributed by atoms with Gasteiger partial charge in [0.1, 0.15) is 0 Å². The van der Waals surface area contributed by atoms with Crippen LogP contribution < -0.4 is 5.32 Å². The lowest BCUT2D eigenvalue weighted by atomic mass is 10.2. The second kappa shape index (κ2) is 7.21. The Balaban J connectivity index is 2.16. The average molecular weight is 200 g/mol. The third-order valence-corrected chi connectivity index (χ3v) is 2.76. The van der Waals surface area contributed by atoms with E-state index in [0.29, 0.717) is 6.04 Å². The number of rotatable bonds is 6. The molecule has 0 aliphatic carbocycles. The molecule has 1 aliphatic rings. The van der Waals surface area contributed by atoms with E-state index in [1.165, 1.54) is 19.4 Å². The Morgan fingerprint density at radius 3 is 2.57 bits per heavy atom. The van der Waals surface area contributed by atoms with Gasteiger partial charge in [0.15, 0.2) is 0 Å². The third-order valence-electron chi connectivity index (χ3n) is 2.76. The van der Waals surface area contributed by atoms with Crippen LogP contribution in [-0.4, -0.2) is 50.3 Å². The Kier molecular flexibility index (Phi) is 6.15. The van der Waals surface area contributed by atoms with E-state index in [2.05, 4.69) is 24.1 Å². The molecule has 1 rings (SSSR count). The van der Waals surface area contributed by atoms with Crippen molar-refractivity contribution in [2.24, 2.45) is 0 Å². The second-order valence-corrected chi connectivity index (χ2v) is 3.97. The van der Waals surface area contributed by atoms with E-state index < -0.39 is 0 Å². The molecular weight excluding hydrogens is 176 g/mol. The van der Waals surface area contributed by atoms with Crippen LogP contribution in [0.2, 0.25) is 0 Å². The summed E-state index contributed by atoms with van der Waals surface area (Å²) < 4.78 is 5.33. The molecule has 0 bridgehead atoms. The van der Waals surface area contributed by atoms with Crippen molar-refractivity contribution in [2.75, 3.05) is 39.4 Å². The smallest absolute Gasteiger partial charge is 0.0594 e. The molecule has 0 saturated carbocycles. The van der Waals surface area contributed by atoms with E-state index in [1.807, 2.05) is 0 Å². The lowest BCUT2D eigenvalue weighted by Crippen LogP contribution is -2.45. The molecule has 1 saturated heterocycles. The molecule has 0 amide bonds. The van der Waals surface area contributed by atoms with Crippen molar-refractivity contribution < 1.29 is 4.74 Å². The highest BCUT2D eigenvalue weighted by molar-refractivity contribution is 4.72.